The molecule has 0 aliphatic heterocycles. The molecule has 28 heavy (non-hydrogen) atoms. The van der Waals surface area contributed by atoms with Crippen LogP contribution in [0.2, 0.25) is 0 Å². The molecule has 0 saturated heterocycles. The summed E-state index contributed by atoms with van der Waals surface area (Å²) in [5.74, 6) is 0.397. The fourth-order valence-corrected chi connectivity index (χ4v) is 7.49. The van der Waals surface area contributed by atoms with Gasteiger partial charge in [-0.05, 0) is 67.4 Å². The van der Waals surface area contributed by atoms with Gasteiger partial charge < -0.3 is 15.3 Å². The van der Waals surface area contributed by atoms with E-state index in [9.17, 15) is 24.9 Å². The highest BCUT2D eigenvalue weighted by molar-refractivity contribution is 6.01. The average molecular weight is 389 g/mol. The molecule has 0 aromatic heterocycles. The Balaban J connectivity index is 1.71. The lowest BCUT2D eigenvalue weighted by Crippen LogP contribution is -2.61. The third kappa shape index (κ3) is 2.70. The summed E-state index contributed by atoms with van der Waals surface area (Å²) < 4.78 is 0. The highest BCUT2D eigenvalue weighted by Gasteiger charge is 2.62. The lowest BCUT2D eigenvalue weighted by Gasteiger charge is -2.63. The number of allylic oxidation sites excluding steroid dienone is 4. The topological polar surface area (TPSA) is 94.8 Å². The second-order valence-corrected chi connectivity index (χ2v) is 10.3. The van der Waals surface area contributed by atoms with Crippen molar-refractivity contribution in [2.75, 3.05) is 6.61 Å². The quantitative estimate of drug-likeness (QED) is 0.674. The zero-order valence-electron chi connectivity index (χ0n) is 17.0. The minimum absolute atomic E-state index is 0.0261. The van der Waals surface area contributed by atoms with E-state index in [0.717, 1.165) is 18.4 Å². The zero-order chi connectivity index (χ0) is 20.5. The second kappa shape index (κ2) is 6.35. The molecule has 3 N–H and O–H groups in total. The van der Waals surface area contributed by atoms with Crippen molar-refractivity contribution in [3.63, 3.8) is 0 Å². The van der Waals surface area contributed by atoms with Crippen LogP contribution < -0.4 is 0 Å². The van der Waals surface area contributed by atoms with Crippen molar-refractivity contribution in [1.29, 1.82) is 0 Å². The van der Waals surface area contributed by atoms with Crippen LogP contribution in [0.3, 0.4) is 0 Å². The molecule has 3 fully saturated rings. The SMILES string of the molecule is C[C@H]1C[C@@H]2[C@H]([C@@H](O)C[C@]3(C)C[C@](O)(C(=O)CO)CC[C@@H]23)[C@@]2(C)C=CC(=O)C=C12. The molecule has 3 saturated carbocycles. The molecule has 5 heteroatoms. The summed E-state index contributed by atoms with van der Waals surface area (Å²) in [6.45, 7) is 5.76. The van der Waals surface area contributed by atoms with Crippen molar-refractivity contribution in [1.82, 2.24) is 0 Å². The third-order valence-corrected chi connectivity index (χ3v) is 8.55. The Morgan fingerprint density at radius 2 is 2.04 bits per heavy atom. The molecule has 0 aromatic rings. The molecule has 5 nitrogen and oxygen atoms in total. The van der Waals surface area contributed by atoms with Crippen molar-refractivity contribution in [2.24, 2.45) is 34.5 Å². The van der Waals surface area contributed by atoms with Crippen molar-refractivity contribution < 1.29 is 24.9 Å². The van der Waals surface area contributed by atoms with Crippen LogP contribution in [-0.4, -0.2) is 45.2 Å². The molecule has 0 unspecified atom stereocenters. The van der Waals surface area contributed by atoms with Gasteiger partial charge in [0, 0.05) is 11.3 Å². The van der Waals surface area contributed by atoms with E-state index in [1.165, 1.54) is 0 Å². The summed E-state index contributed by atoms with van der Waals surface area (Å²) in [4.78, 5) is 24.2. The number of aliphatic hydroxyl groups is 3. The number of hydrogen-bond donors (Lipinski definition) is 3. The summed E-state index contributed by atoms with van der Waals surface area (Å²) in [7, 11) is 0. The van der Waals surface area contributed by atoms with Crippen LogP contribution in [0.15, 0.2) is 23.8 Å². The summed E-state index contributed by atoms with van der Waals surface area (Å²) >= 11 is 0. The highest BCUT2D eigenvalue weighted by Crippen LogP contribution is 2.65. The Bertz CT molecular complexity index is 769. The van der Waals surface area contributed by atoms with Crippen molar-refractivity contribution >= 4 is 11.6 Å². The largest absolute Gasteiger partial charge is 0.393 e. The molecule has 0 radical (unpaired) electrons. The maximum absolute atomic E-state index is 12.2. The Hall–Kier alpha value is -1.30. The molecule has 154 valence electrons. The monoisotopic (exact) mass is 388 g/mol. The lowest BCUT2D eigenvalue weighted by molar-refractivity contribution is -0.180. The number of carbonyl (C=O) groups is 2. The molecule has 0 amide bonds. The van der Waals surface area contributed by atoms with Crippen molar-refractivity contribution in [3.05, 3.63) is 23.8 Å². The van der Waals surface area contributed by atoms with Gasteiger partial charge in [0.25, 0.3) is 0 Å². The van der Waals surface area contributed by atoms with E-state index in [-0.39, 0.29) is 34.4 Å². The summed E-state index contributed by atoms with van der Waals surface area (Å²) in [6.07, 6.45) is 7.67. The van der Waals surface area contributed by atoms with E-state index in [1.54, 1.807) is 12.2 Å². The van der Waals surface area contributed by atoms with Gasteiger partial charge in [-0.1, -0.05) is 32.4 Å². The van der Waals surface area contributed by atoms with Crippen LogP contribution in [0.4, 0.5) is 0 Å². The van der Waals surface area contributed by atoms with E-state index < -0.39 is 24.1 Å². The molecule has 0 heterocycles. The Labute approximate surface area is 166 Å². The Morgan fingerprint density at radius 1 is 1.32 bits per heavy atom. The van der Waals surface area contributed by atoms with Crippen molar-refractivity contribution in [3.8, 4) is 0 Å². The number of Topliss-reactive ketones (excluding diaryl/α,β-unsaturated/α-hetero) is 1. The van der Waals surface area contributed by atoms with Crippen LogP contribution in [0.1, 0.15) is 52.9 Å². The maximum Gasteiger partial charge on any atom is 0.189 e. The first-order chi connectivity index (χ1) is 13.0. The summed E-state index contributed by atoms with van der Waals surface area (Å²) in [5, 5.41) is 31.5. The first kappa shape index (κ1) is 20.0. The van der Waals surface area contributed by atoms with Gasteiger partial charge in [0.1, 0.15) is 12.2 Å². The molecule has 8 atom stereocenters. The van der Waals surface area contributed by atoms with Gasteiger partial charge >= 0.3 is 0 Å². The van der Waals surface area contributed by atoms with Crippen LogP contribution >= 0.6 is 0 Å². The van der Waals surface area contributed by atoms with Crippen molar-refractivity contribution in [2.45, 2.75) is 64.6 Å². The normalized spacial score (nSPS) is 50.3. The fourth-order valence-electron chi connectivity index (χ4n) is 7.49. The van der Waals surface area contributed by atoms with Crippen LogP contribution in [0, 0.1) is 34.5 Å². The van der Waals surface area contributed by atoms with Gasteiger partial charge in [0.2, 0.25) is 0 Å². The first-order valence-corrected chi connectivity index (χ1v) is 10.5. The van der Waals surface area contributed by atoms with E-state index in [2.05, 4.69) is 20.8 Å². The average Bonchev–Trinajstić information content (AvgIpc) is 2.61. The van der Waals surface area contributed by atoms with Crippen LogP contribution in [0.5, 0.6) is 0 Å². The molecule has 0 bridgehead atoms. The number of ketones is 2. The molecule has 4 aliphatic carbocycles. The van der Waals surface area contributed by atoms with Gasteiger partial charge in [-0.25, -0.2) is 0 Å². The van der Waals surface area contributed by atoms with Gasteiger partial charge in [-0.2, -0.15) is 0 Å². The predicted molar refractivity (Wildman–Crippen MR) is 104 cm³/mol. The molecular weight excluding hydrogens is 356 g/mol. The number of hydrogen-bond acceptors (Lipinski definition) is 5. The molecule has 4 aliphatic rings. The molecule has 0 spiro atoms. The summed E-state index contributed by atoms with van der Waals surface area (Å²) in [6, 6.07) is 0. The molecule has 0 aromatic carbocycles. The van der Waals surface area contributed by atoms with E-state index in [0.29, 0.717) is 25.2 Å². The van der Waals surface area contributed by atoms with E-state index in [1.807, 2.05) is 6.08 Å². The number of aliphatic hydroxyl groups excluding tert-OH is 2. The van der Waals surface area contributed by atoms with Gasteiger partial charge in [0.05, 0.1) is 6.10 Å². The second-order valence-electron chi connectivity index (χ2n) is 10.3. The minimum Gasteiger partial charge on any atom is -0.393 e. The van der Waals surface area contributed by atoms with Gasteiger partial charge in [-0.3, -0.25) is 9.59 Å². The minimum atomic E-state index is -1.49. The molecular formula is C23H32O5. The lowest BCUT2D eigenvalue weighted by atomic mass is 9.42. The summed E-state index contributed by atoms with van der Waals surface area (Å²) in [5.41, 5.74) is -1.03. The third-order valence-electron chi connectivity index (χ3n) is 8.55. The van der Waals surface area contributed by atoms with E-state index >= 15 is 0 Å². The maximum atomic E-state index is 12.2. The Morgan fingerprint density at radius 3 is 2.71 bits per heavy atom. The predicted octanol–water partition coefficient (Wildman–Crippen LogP) is 2.19. The number of rotatable bonds is 2. The van der Waals surface area contributed by atoms with Crippen LogP contribution in [0.25, 0.3) is 0 Å². The van der Waals surface area contributed by atoms with Gasteiger partial charge in [0.15, 0.2) is 11.6 Å². The van der Waals surface area contributed by atoms with E-state index in [4.69, 9.17) is 0 Å². The number of carbonyl (C=O) groups excluding carboxylic acids is 2. The highest BCUT2D eigenvalue weighted by atomic mass is 16.3. The first-order valence-electron chi connectivity index (χ1n) is 10.5. The molecule has 4 rings (SSSR count). The number of fused-ring (bicyclic) bond motifs is 5. The van der Waals surface area contributed by atoms with Crippen LogP contribution in [-0.2, 0) is 9.59 Å². The van der Waals surface area contributed by atoms with Gasteiger partial charge in [-0.15, -0.1) is 0 Å². The zero-order valence-corrected chi connectivity index (χ0v) is 17.0. The fraction of sp³-hybridized carbons (Fsp3) is 0.739. The standard InChI is InChI=1S/C23H32O5/c1-13-8-15-16-5-7-23(28,19(27)11-24)12-21(16,2)10-18(26)20(15)22(3)6-4-14(25)9-17(13)22/h4,6,9,13,15-16,18,20,24,26,28H,5,7-8,10-12H2,1-3H3/t13-,15-,16-,18-,20+,21+,22-,23-/m0/s1. The Kier molecular flexibility index (Phi) is 4.53. The smallest absolute Gasteiger partial charge is 0.189 e.